The third-order valence-electron chi connectivity index (χ3n) is 3.67. The molecule has 0 bridgehead atoms. The summed E-state index contributed by atoms with van der Waals surface area (Å²) in [7, 11) is 0. The van der Waals surface area contributed by atoms with Crippen molar-refractivity contribution in [2.45, 2.75) is 44.7 Å². The highest BCUT2D eigenvalue weighted by Gasteiger charge is 2.35. The van der Waals surface area contributed by atoms with Crippen molar-refractivity contribution in [2.24, 2.45) is 0 Å². The summed E-state index contributed by atoms with van der Waals surface area (Å²) in [5, 5.41) is 6.05. The van der Waals surface area contributed by atoms with Crippen molar-refractivity contribution >= 4 is 11.8 Å². The average molecular weight is 239 g/mol. The molecule has 5 heteroatoms. The molecule has 0 aromatic heterocycles. The van der Waals surface area contributed by atoms with Crippen molar-refractivity contribution < 1.29 is 9.59 Å². The SMILES string of the molecule is CC(=O)NCC(=O)N1CCCC1C1CCCN1. The summed E-state index contributed by atoms with van der Waals surface area (Å²) >= 11 is 0. The molecular weight excluding hydrogens is 218 g/mol. The first kappa shape index (κ1) is 12.4. The summed E-state index contributed by atoms with van der Waals surface area (Å²) in [6.45, 7) is 3.47. The van der Waals surface area contributed by atoms with E-state index in [4.69, 9.17) is 0 Å². The van der Waals surface area contributed by atoms with Gasteiger partial charge in [-0.15, -0.1) is 0 Å². The first-order chi connectivity index (χ1) is 8.18. The predicted molar refractivity (Wildman–Crippen MR) is 64.4 cm³/mol. The molecule has 2 aliphatic heterocycles. The highest BCUT2D eigenvalue weighted by molar-refractivity contribution is 5.84. The summed E-state index contributed by atoms with van der Waals surface area (Å²) in [6, 6.07) is 0.789. The Bertz CT molecular complexity index is 300. The van der Waals surface area contributed by atoms with E-state index in [1.54, 1.807) is 0 Å². The number of nitrogens with zero attached hydrogens (tertiary/aromatic N) is 1. The van der Waals surface area contributed by atoms with Gasteiger partial charge in [-0.2, -0.15) is 0 Å². The first-order valence-corrected chi connectivity index (χ1v) is 6.46. The third kappa shape index (κ3) is 2.97. The van der Waals surface area contributed by atoms with Gasteiger partial charge >= 0.3 is 0 Å². The Morgan fingerprint density at radius 3 is 2.82 bits per heavy atom. The monoisotopic (exact) mass is 239 g/mol. The first-order valence-electron chi connectivity index (χ1n) is 6.46. The van der Waals surface area contributed by atoms with E-state index in [9.17, 15) is 9.59 Å². The molecule has 2 unspecified atom stereocenters. The summed E-state index contributed by atoms with van der Waals surface area (Å²) in [5.74, 6) is -0.0931. The van der Waals surface area contributed by atoms with E-state index >= 15 is 0 Å². The zero-order valence-electron chi connectivity index (χ0n) is 10.4. The van der Waals surface area contributed by atoms with Crippen LogP contribution in [-0.2, 0) is 9.59 Å². The molecule has 0 aromatic carbocycles. The molecule has 0 aromatic rings. The quantitative estimate of drug-likeness (QED) is 0.721. The molecule has 2 atom stereocenters. The lowest BCUT2D eigenvalue weighted by molar-refractivity contribution is -0.133. The van der Waals surface area contributed by atoms with Gasteiger partial charge < -0.3 is 15.5 Å². The van der Waals surface area contributed by atoms with Crippen molar-refractivity contribution in [1.29, 1.82) is 0 Å². The van der Waals surface area contributed by atoms with Crippen LogP contribution >= 0.6 is 0 Å². The molecule has 2 saturated heterocycles. The standard InChI is InChI=1S/C12H21N3O2/c1-9(16)14-8-12(17)15-7-3-5-11(15)10-4-2-6-13-10/h10-11,13H,2-8H2,1H3,(H,14,16). The second-order valence-electron chi connectivity index (χ2n) is 4.91. The number of carbonyl (C=O) groups excluding carboxylic acids is 2. The minimum atomic E-state index is -0.145. The molecule has 0 aliphatic carbocycles. The van der Waals surface area contributed by atoms with Gasteiger partial charge in [0.2, 0.25) is 11.8 Å². The summed E-state index contributed by atoms with van der Waals surface area (Å²) in [4.78, 5) is 24.8. The molecule has 5 nitrogen and oxygen atoms in total. The molecule has 0 radical (unpaired) electrons. The van der Waals surface area contributed by atoms with Crippen LogP contribution in [0.3, 0.4) is 0 Å². The average Bonchev–Trinajstić information content (AvgIpc) is 2.94. The molecule has 96 valence electrons. The number of amides is 2. The van der Waals surface area contributed by atoms with Gasteiger partial charge in [0.15, 0.2) is 0 Å². The molecule has 2 rings (SSSR count). The fraction of sp³-hybridized carbons (Fsp3) is 0.833. The fourth-order valence-electron chi connectivity index (χ4n) is 2.86. The van der Waals surface area contributed by atoms with E-state index in [0.29, 0.717) is 12.1 Å². The largest absolute Gasteiger partial charge is 0.347 e. The Labute approximate surface area is 102 Å². The van der Waals surface area contributed by atoms with Crippen molar-refractivity contribution in [2.75, 3.05) is 19.6 Å². The number of nitrogens with one attached hydrogen (secondary N) is 2. The van der Waals surface area contributed by atoms with Crippen LogP contribution in [0.15, 0.2) is 0 Å². The van der Waals surface area contributed by atoms with E-state index in [0.717, 1.165) is 32.4 Å². The zero-order valence-corrected chi connectivity index (χ0v) is 10.4. The molecule has 0 spiro atoms. The van der Waals surface area contributed by atoms with E-state index in [2.05, 4.69) is 10.6 Å². The molecular formula is C12H21N3O2. The van der Waals surface area contributed by atoms with Gasteiger partial charge in [-0.1, -0.05) is 0 Å². The Balaban J connectivity index is 1.89. The summed E-state index contributed by atoms with van der Waals surface area (Å²) in [5.41, 5.74) is 0. The molecule has 0 saturated carbocycles. The molecule has 2 aliphatic rings. The van der Waals surface area contributed by atoms with Gasteiger partial charge in [0.05, 0.1) is 6.54 Å². The lowest BCUT2D eigenvalue weighted by atomic mass is 10.0. The van der Waals surface area contributed by atoms with Crippen LogP contribution in [0, 0.1) is 0 Å². The van der Waals surface area contributed by atoms with Crippen LogP contribution in [0.25, 0.3) is 0 Å². The summed E-state index contributed by atoms with van der Waals surface area (Å²) in [6.07, 6.45) is 4.53. The molecule has 17 heavy (non-hydrogen) atoms. The highest BCUT2D eigenvalue weighted by atomic mass is 16.2. The maximum Gasteiger partial charge on any atom is 0.242 e. The Morgan fingerprint density at radius 2 is 2.18 bits per heavy atom. The third-order valence-corrected chi connectivity index (χ3v) is 3.67. The second kappa shape index (κ2) is 5.49. The number of hydrogen-bond acceptors (Lipinski definition) is 3. The summed E-state index contributed by atoms with van der Waals surface area (Å²) < 4.78 is 0. The highest BCUT2D eigenvalue weighted by Crippen LogP contribution is 2.24. The molecule has 2 N–H and O–H groups in total. The number of rotatable bonds is 3. The predicted octanol–water partition coefficient (Wildman–Crippen LogP) is -0.134. The topological polar surface area (TPSA) is 61.4 Å². The number of hydrogen-bond donors (Lipinski definition) is 2. The Kier molecular flexibility index (Phi) is 3.99. The smallest absolute Gasteiger partial charge is 0.242 e. The second-order valence-corrected chi connectivity index (χ2v) is 4.91. The zero-order chi connectivity index (χ0) is 12.3. The van der Waals surface area contributed by atoms with Crippen molar-refractivity contribution in [3.05, 3.63) is 0 Å². The van der Waals surface area contributed by atoms with Crippen molar-refractivity contribution in [3.63, 3.8) is 0 Å². The molecule has 2 amide bonds. The van der Waals surface area contributed by atoms with Gasteiger partial charge in [-0.05, 0) is 32.2 Å². The van der Waals surface area contributed by atoms with Crippen LogP contribution in [0.4, 0.5) is 0 Å². The fourth-order valence-corrected chi connectivity index (χ4v) is 2.86. The van der Waals surface area contributed by atoms with Crippen molar-refractivity contribution in [3.8, 4) is 0 Å². The Hall–Kier alpha value is -1.10. The van der Waals surface area contributed by atoms with Gasteiger partial charge in [0, 0.05) is 25.6 Å². The minimum Gasteiger partial charge on any atom is -0.347 e. The molecule has 2 heterocycles. The lowest BCUT2D eigenvalue weighted by Gasteiger charge is -2.29. The van der Waals surface area contributed by atoms with E-state index in [1.165, 1.54) is 13.3 Å². The van der Waals surface area contributed by atoms with Gasteiger partial charge in [-0.25, -0.2) is 0 Å². The lowest BCUT2D eigenvalue weighted by Crippen LogP contribution is -2.49. The van der Waals surface area contributed by atoms with E-state index in [-0.39, 0.29) is 18.4 Å². The molecule has 2 fully saturated rings. The van der Waals surface area contributed by atoms with Gasteiger partial charge in [0.25, 0.3) is 0 Å². The normalized spacial score (nSPS) is 28.4. The number of carbonyl (C=O) groups is 2. The maximum absolute atomic E-state index is 12.0. The van der Waals surface area contributed by atoms with Gasteiger partial charge in [-0.3, -0.25) is 9.59 Å². The van der Waals surface area contributed by atoms with Crippen LogP contribution in [0.5, 0.6) is 0 Å². The van der Waals surface area contributed by atoms with E-state index in [1.807, 2.05) is 4.90 Å². The van der Waals surface area contributed by atoms with Crippen LogP contribution in [-0.4, -0.2) is 48.4 Å². The Morgan fingerprint density at radius 1 is 1.35 bits per heavy atom. The maximum atomic E-state index is 12.0. The van der Waals surface area contributed by atoms with Crippen LogP contribution < -0.4 is 10.6 Å². The van der Waals surface area contributed by atoms with E-state index < -0.39 is 0 Å². The van der Waals surface area contributed by atoms with Crippen molar-refractivity contribution in [1.82, 2.24) is 15.5 Å². The van der Waals surface area contributed by atoms with Crippen LogP contribution in [0.1, 0.15) is 32.6 Å². The number of likely N-dealkylation sites (tertiary alicyclic amines) is 1. The van der Waals surface area contributed by atoms with Gasteiger partial charge in [0.1, 0.15) is 0 Å². The van der Waals surface area contributed by atoms with Crippen LogP contribution in [0.2, 0.25) is 0 Å². The minimum absolute atomic E-state index is 0.0522.